The molecule has 1 unspecified atom stereocenters. The van der Waals surface area contributed by atoms with Crippen LogP contribution in [-0.4, -0.2) is 33.6 Å². The lowest BCUT2D eigenvalue weighted by molar-refractivity contribution is -0.265. The molecule has 2 rings (SSSR count). The van der Waals surface area contributed by atoms with Crippen LogP contribution in [0.15, 0.2) is 24.3 Å². The van der Waals surface area contributed by atoms with Crippen LogP contribution in [0.2, 0.25) is 0 Å². The van der Waals surface area contributed by atoms with Gasteiger partial charge < -0.3 is 9.94 Å². The van der Waals surface area contributed by atoms with E-state index in [-0.39, 0.29) is 34.1 Å². The normalized spacial score (nSPS) is 21.6. The Bertz CT molecular complexity index is 669. The molecule has 1 heterocycles. The molecule has 1 fully saturated rings. The second-order valence-electron chi connectivity index (χ2n) is 12.0. The van der Waals surface area contributed by atoms with Crippen LogP contribution in [0.25, 0.3) is 0 Å². The van der Waals surface area contributed by atoms with E-state index in [0.717, 1.165) is 32.1 Å². The zero-order chi connectivity index (χ0) is 23.0. The Morgan fingerprint density at radius 2 is 1.37 bits per heavy atom. The van der Waals surface area contributed by atoms with Crippen molar-refractivity contribution in [2.45, 2.75) is 135 Å². The number of piperidine rings is 1. The van der Waals surface area contributed by atoms with Crippen LogP contribution >= 0.6 is 0 Å². The third-order valence-electron chi connectivity index (χ3n) is 7.51. The summed E-state index contributed by atoms with van der Waals surface area (Å²) >= 11 is 0. The summed E-state index contributed by atoms with van der Waals surface area (Å²) in [5, 5.41) is 12.1. The second-order valence-corrected chi connectivity index (χ2v) is 12.0. The van der Waals surface area contributed by atoms with E-state index in [4.69, 9.17) is 4.74 Å². The number of hydrogen-bond acceptors (Lipinski definition) is 3. The highest BCUT2D eigenvalue weighted by Gasteiger charge is 2.46. The van der Waals surface area contributed by atoms with Gasteiger partial charge in [-0.15, -0.1) is 0 Å². The Kier molecular flexibility index (Phi) is 7.54. The topological polar surface area (TPSA) is 32.7 Å². The Labute approximate surface area is 186 Å². The zero-order valence-electron chi connectivity index (χ0n) is 21.3. The first kappa shape index (κ1) is 25.4. The number of benzene rings is 1. The van der Waals surface area contributed by atoms with Crippen molar-refractivity contribution in [3.8, 4) is 0 Å². The largest absolute Gasteiger partial charge is 0.375 e. The molecule has 1 aliphatic rings. The molecular weight excluding hydrogens is 370 g/mol. The Morgan fingerprint density at radius 1 is 0.933 bits per heavy atom. The summed E-state index contributed by atoms with van der Waals surface area (Å²) in [4.78, 5) is 0. The number of hydrogen-bond donors (Lipinski definition) is 1. The summed E-state index contributed by atoms with van der Waals surface area (Å²) in [5.41, 5.74) is 2.51. The van der Waals surface area contributed by atoms with E-state index in [1.165, 1.54) is 16.2 Å². The van der Waals surface area contributed by atoms with E-state index in [0.29, 0.717) is 0 Å². The molecule has 1 aliphatic heterocycles. The first-order chi connectivity index (χ1) is 13.6. The van der Waals surface area contributed by atoms with Gasteiger partial charge in [0.05, 0.1) is 12.2 Å². The Hall–Kier alpha value is -0.900. The maximum Gasteiger partial charge on any atom is 0.0615 e. The molecular formula is C27H47NO2. The lowest BCUT2D eigenvalue weighted by Crippen LogP contribution is -2.60. The van der Waals surface area contributed by atoms with Crippen molar-refractivity contribution in [2.75, 3.05) is 0 Å². The predicted molar refractivity (Wildman–Crippen MR) is 127 cm³/mol. The molecule has 1 atom stereocenters. The van der Waals surface area contributed by atoms with E-state index in [1.807, 2.05) is 0 Å². The average Bonchev–Trinajstić information content (AvgIpc) is 2.65. The Morgan fingerprint density at radius 3 is 1.77 bits per heavy atom. The van der Waals surface area contributed by atoms with E-state index in [1.54, 1.807) is 0 Å². The van der Waals surface area contributed by atoms with Gasteiger partial charge in [0.15, 0.2) is 0 Å². The SMILES string of the molecule is CCC(CC(C)(C)c1ccc(C(C)(C)CC)cc1)OC1CC(C)(C)N(O)C(C)(C)C1. The fourth-order valence-corrected chi connectivity index (χ4v) is 5.10. The molecule has 3 heteroatoms. The first-order valence-corrected chi connectivity index (χ1v) is 11.9. The minimum Gasteiger partial charge on any atom is -0.375 e. The van der Waals surface area contributed by atoms with Crippen molar-refractivity contribution in [3.63, 3.8) is 0 Å². The molecule has 1 aromatic carbocycles. The molecule has 0 radical (unpaired) electrons. The average molecular weight is 418 g/mol. The summed E-state index contributed by atoms with van der Waals surface area (Å²) in [7, 11) is 0. The molecule has 172 valence electrons. The van der Waals surface area contributed by atoms with Gasteiger partial charge >= 0.3 is 0 Å². The summed E-state index contributed by atoms with van der Waals surface area (Å²) in [6.07, 6.45) is 5.24. The fraction of sp³-hybridized carbons (Fsp3) is 0.778. The fourth-order valence-electron chi connectivity index (χ4n) is 5.10. The monoisotopic (exact) mass is 417 g/mol. The van der Waals surface area contributed by atoms with Gasteiger partial charge in [-0.2, -0.15) is 5.06 Å². The smallest absolute Gasteiger partial charge is 0.0615 e. The van der Waals surface area contributed by atoms with E-state index in [2.05, 4.69) is 93.5 Å². The standard InChI is InChI=1S/C27H47NO2/c1-11-22(30-23-18-26(7,8)28(29)27(9,10)19-23)17-25(5,6)21-15-13-20(14-16-21)24(3,4)12-2/h13-16,22-23,29H,11-12,17-19H2,1-10H3. The van der Waals surface area contributed by atoms with Crippen molar-refractivity contribution in [1.29, 1.82) is 0 Å². The maximum absolute atomic E-state index is 10.6. The van der Waals surface area contributed by atoms with Crippen molar-refractivity contribution in [2.24, 2.45) is 0 Å². The van der Waals surface area contributed by atoms with E-state index < -0.39 is 0 Å². The van der Waals surface area contributed by atoms with Gasteiger partial charge in [-0.1, -0.05) is 65.8 Å². The highest BCUT2D eigenvalue weighted by Crippen LogP contribution is 2.40. The number of nitrogens with zero attached hydrogens (tertiary/aromatic N) is 1. The Balaban J connectivity index is 2.11. The van der Waals surface area contributed by atoms with Gasteiger partial charge in [0.1, 0.15) is 0 Å². The first-order valence-electron chi connectivity index (χ1n) is 11.9. The highest BCUT2D eigenvalue weighted by molar-refractivity contribution is 5.32. The van der Waals surface area contributed by atoms with Gasteiger partial charge in [0, 0.05) is 11.1 Å². The molecule has 3 nitrogen and oxygen atoms in total. The molecule has 0 amide bonds. The lowest BCUT2D eigenvalue weighted by Gasteiger charge is -2.51. The minimum atomic E-state index is -0.276. The van der Waals surface area contributed by atoms with Crippen LogP contribution in [0.1, 0.15) is 112 Å². The third-order valence-corrected chi connectivity index (χ3v) is 7.51. The molecule has 1 aromatic rings. The highest BCUT2D eigenvalue weighted by atomic mass is 16.5. The second kappa shape index (κ2) is 8.92. The van der Waals surface area contributed by atoms with Gasteiger partial charge in [-0.05, 0) is 81.8 Å². The molecule has 30 heavy (non-hydrogen) atoms. The molecule has 0 aromatic heterocycles. The maximum atomic E-state index is 10.6. The minimum absolute atomic E-state index is 0.0538. The molecule has 0 saturated carbocycles. The van der Waals surface area contributed by atoms with Crippen molar-refractivity contribution in [1.82, 2.24) is 5.06 Å². The van der Waals surface area contributed by atoms with Gasteiger partial charge in [0.25, 0.3) is 0 Å². The van der Waals surface area contributed by atoms with Gasteiger partial charge in [-0.3, -0.25) is 0 Å². The summed E-state index contributed by atoms with van der Waals surface area (Å²) < 4.78 is 6.68. The van der Waals surface area contributed by atoms with Crippen molar-refractivity contribution in [3.05, 3.63) is 35.4 Å². The van der Waals surface area contributed by atoms with Crippen molar-refractivity contribution >= 4 is 0 Å². The van der Waals surface area contributed by atoms with Crippen LogP contribution in [-0.2, 0) is 15.6 Å². The van der Waals surface area contributed by atoms with Gasteiger partial charge in [-0.25, -0.2) is 0 Å². The van der Waals surface area contributed by atoms with Crippen LogP contribution in [0.4, 0.5) is 0 Å². The predicted octanol–water partition coefficient (Wildman–Crippen LogP) is 7.25. The van der Waals surface area contributed by atoms with E-state index in [9.17, 15) is 5.21 Å². The van der Waals surface area contributed by atoms with Crippen LogP contribution in [0.5, 0.6) is 0 Å². The number of rotatable bonds is 8. The van der Waals surface area contributed by atoms with Gasteiger partial charge in [0.2, 0.25) is 0 Å². The molecule has 0 spiro atoms. The quantitative estimate of drug-likeness (QED) is 0.483. The molecule has 1 saturated heterocycles. The van der Waals surface area contributed by atoms with Crippen LogP contribution in [0, 0.1) is 0 Å². The van der Waals surface area contributed by atoms with Crippen LogP contribution in [0.3, 0.4) is 0 Å². The van der Waals surface area contributed by atoms with Crippen molar-refractivity contribution < 1.29 is 9.94 Å². The summed E-state index contributed by atoms with van der Waals surface area (Å²) in [6, 6.07) is 9.25. The molecule has 0 bridgehead atoms. The molecule has 1 N–H and O–H groups in total. The summed E-state index contributed by atoms with van der Waals surface area (Å²) in [6.45, 7) is 22.2. The summed E-state index contributed by atoms with van der Waals surface area (Å²) in [5.74, 6) is 0. The van der Waals surface area contributed by atoms with E-state index >= 15 is 0 Å². The van der Waals surface area contributed by atoms with Crippen LogP contribution < -0.4 is 0 Å². The number of ether oxygens (including phenoxy) is 1. The third kappa shape index (κ3) is 5.66. The lowest BCUT2D eigenvalue weighted by atomic mass is 9.76. The number of hydroxylamine groups is 2. The zero-order valence-corrected chi connectivity index (χ0v) is 21.3. The molecule has 0 aliphatic carbocycles.